The predicted octanol–water partition coefficient (Wildman–Crippen LogP) is 2.91. The molecule has 76 valence electrons. The van der Waals surface area contributed by atoms with Gasteiger partial charge in [-0.3, -0.25) is 0 Å². The highest BCUT2D eigenvalue weighted by Gasteiger charge is 2.17. The summed E-state index contributed by atoms with van der Waals surface area (Å²) in [6, 6.07) is 9.52. The molecule has 0 spiro atoms. The van der Waals surface area contributed by atoms with Crippen LogP contribution in [0.2, 0.25) is 0 Å². The number of carbonyl (C=O) groups excluding carboxylic acids is 1. The van der Waals surface area contributed by atoms with E-state index in [1.807, 2.05) is 30.3 Å². The van der Waals surface area contributed by atoms with Gasteiger partial charge in [0.25, 0.3) is 0 Å². The Kier molecular flexibility index (Phi) is 4.84. The van der Waals surface area contributed by atoms with Crippen molar-refractivity contribution in [2.45, 2.75) is 16.5 Å². The summed E-state index contributed by atoms with van der Waals surface area (Å²) in [7, 11) is 0. The largest absolute Gasteiger partial charge is 0.464 e. The summed E-state index contributed by atoms with van der Waals surface area (Å²) in [5.41, 5.74) is 0. The molecule has 4 heteroatoms. The Hall–Kier alpha value is -0.670. The Morgan fingerprint density at radius 3 is 2.71 bits per heavy atom. The maximum Gasteiger partial charge on any atom is 0.334 e. The number of esters is 1. The van der Waals surface area contributed by atoms with E-state index in [2.05, 4.69) is 0 Å². The summed E-state index contributed by atoms with van der Waals surface area (Å²) in [6.45, 7) is 2.12. The SMILES string of the molecule is CCOC(=O)C(Cl)Sc1ccccc1. The average molecular weight is 231 g/mol. The molecule has 0 fully saturated rings. The van der Waals surface area contributed by atoms with Crippen LogP contribution in [0.15, 0.2) is 35.2 Å². The van der Waals surface area contributed by atoms with Crippen molar-refractivity contribution >= 4 is 29.3 Å². The van der Waals surface area contributed by atoms with Gasteiger partial charge in [0.15, 0.2) is 4.71 Å². The third kappa shape index (κ3) is 3.60. The summed E-state index contributed by atoms with van der Waals surface area (Å²) in [4.78, 5) is 12.1. The van der Waals surface area contributed by atoms with Crippen LogP contribution in [0.1, 0.15) is 6.92 Å². The highest BCUT2D eigenvalue weighted by Crippen LogP contribution is 2.26. The van der Waals surface area contributed by atoms with E-state index in [1.54, 1.807) is 6.92 Å². The maximum absolute atomic E-state index is 11.2. The van der Waals surface area contributed by atoms with E-state index >= 15 is 0 Å². The molecular weight excluding hydrogens is 220 g/mol. The van der Waals surface area contributed by atoms with Crippen LogP contribution >= 0.6 is 23.4 Å². The number of hydrogen-bond donors (Lipinski definition) is 0. The maximum atomic E-state index is 11.2. The fourth-order valence-electron chi connectivity index (χ4n) is 0.874. The molecule has 0 bridgehead atoms. The lowest BCUT2D eigenvalue weighted by molar-refractivity contribution is -0.140. The number of hydrogen-bond acceptors (Lipinski definition) is 3. The standard InChI is InChI=1S/C10H11ClO2S/c1-2-13-10(12)9(11)14-8-6-4-3-5-7-8/h3-7,9H,2H2,1H3. The minimum absolute atomic E-state index is 0.359. The number of halogens is 1. The minimum Gasteiger partial charge on any atom is -0.464 e. The molecule has 0 aliphatic carbocycles. The van der Waals surface area contributed by atoms with Gasteiger partial charge in [0.2, 0.25) is 0 Å². The van der Waals surface area contributed by atoms with Crippen LogP contribution in [-0.4, -0.2) is 17.3 Å². The van der Waals surface area contributed by atoms with Crippen LogP contribution in [0, 0.1) is 0 Å². The van der Waals surface area contributed by atoms with Gasteiger partial charge in [-0.2, -0.15) is 0 Å². The molecule has 0 N–H and O–H groups in total. The van der Waals surface area contributed by atoms with E-state index in [1.165, 1.54) is 11.8 Å². The van der Waals surface area contributed by atoms with Crippen LogP contribution in [0.25, 0.3) is 0 Å². The minimum atomic E-state index is -0.669. The van der Waals surface area contributed by atoms with Crippen molar-refractivity contribution in [1.82, 2.24) is 0 Å². The molecule has 0 aliphatic rings. The molecule has 1 aromatic carbocycles. The van der Waals surface area contributed by atoms with Gasteiger partial charge in [-0.15, -0.1) is 0 Å². The molecular formula is C10H11ClO2S. The van der Waals surface area contributed by atoms with Crippen molar-refractivity contribution in [2.24, 2.45) is 0 Å². The summed E-state index contributed by atoms with van der Waals surface area (Å²) in [5.74, 6) is -0.386. The number of benzene rings is 1. The van der Waals surface area contributed by atoms with E-state index in [-0.39, 0.29) is 5.97 Å². The zero-order valence-corrected chi connectivity index (χ0v) is 9.35. The van der Waals surface area contributed by atoms with E-state index in [9.17, 15) is 4.79 Å². The van der Waals surface area contributed by atoms with Crippen LogP contribution in [0.4, 0.5) is 0 Å². The number of ether oxygens (including phenoxy) is 1. The summed E-state index contributed by atoms with van der Waals surface area (Å²) in [6.07, 6.45) is 0. The average Bonchev–Trinajstić information content (AvgIpc) is 2.19. The van der Waals surface area contributed by atoms with Crippen LogP contribution in [0.3, 0.4) is 0 Å². The van der Waals surface area contributed by atoms with Crippen molar-refractivity contribution in [3.05, 3.63) is 30.3 Å². The molecule has 0 saturated heterocycles. The van der Waals surface area contributed by atoms with E-state index in [4.69, 9.17) is 16.3 Å². The Morgan fingerprint density at radius 2 is 2.14 bits per heavy atom. The number of carbonyl (C=O) groups is 1. The van der Waals surface area contributed by atoms with Crippen molar-refractivity contribution in [1.29, 1.82) is 0 Å². The first kappa shape index (κ1) is 11.4. The van der Waals surface area contributed by atoms with Crippen molar-refractivity contribution in [3.63, 3.8) is 0 Å². The molecule has 14 heavy (non-hydrogen) atoms. The zero-order chi connectivity index (χ0) is 10.4. The van der Waals surface area contributed by atoms with Gasteiger partial charge in [0.05, 0.1) is 6.61 Å². The van der Waals surface area contributed by atoms with Gasteiger partial charge in [0.1, 0.15) is 0 Å². The van der Waals surface area contributed by atoms with E-state index in [0.717, 1.165) is 4.90 Å². The number of alkyl halides is 1. The highest BCUT2D eigenvalue weighted by atomic mass is 35.5. The van der Waals surface area contributed by atoms with Gasteiger partial charge in [-0.1, -0.05) is 41.6 Å². The second kappa shape index (κ2) is 5.94. The monoisotopic (exact) mass is 230 g/mol. The Morgan fingerprint density at radius 1 is 1.50 bits per heavy atom. The zero-order valence-electron chi connectivity index (χ0n) is 7.77. The molecule has 0 saturated carbocycles. The third-order valence-electron chi connectivity index (χ3n) is 1.45. The fourth-order valence-corrected chi connectivity index (χ4v) is 1.96. The molecule has 2 nitrogen and oxygen atoms in total. The Bertz CT molecular complexity index is 289. The third-order valence-corrected chi connectivity index (χ3v) is 2.84. The topological polar surface area (TPSA) is 26.3 Å². The quantitative estimate of drug-likeness (QED) is 0.452. The summed E-state index contributed by atoms with van der Waals surface area (Å²) in [5, 5.41) is 0. The van der Waals surface area contributed by atoms with Crippen molar-refractivity contribution in [2.75, 3.05) is 6.61 Å². The molecule has 0 aliphatic heterocycles. The first-order chi connectivity index (χ1) is 6.74. The molecule has 0 aromatic heterocycles. The smallest absolute Gasteiger partial charge is 0.334 e. The predicted molar refractivity (Wildman–Crippen MR) is 58.6 cm³/mol. The van der Waals surface area contributed by atoms with Gasteiger partial charge < -0.3 is 4.74 Å². The molecule has 0 radical (unpaired) electrons. The highest BCUT2D eigenvalue weighted by molar-refractivity contribution is 8.01. The second-order valence-corrected chi connectivity index (χ2v) is 4.37. The van der Waals surface area contributed by atoms with Gasteiger partial charge in [0, 0.05) is 4.90 Å². The first-order valence-electron chi connectivity index (χ1n) is 4.26. The fraction of sp³-hybridized carbons (Fsp3) is 0.300. The first-order valence-corrected chi connectivity index (χ1v) is 5.58. The lowest BCUT2D eigenvalue weighted by Gasteiger charge is -2.07. The molecule has 1 atom stereocenters. The number of rotatable bonds is 4. The molecule has 1 aromatic rings. The molecule has 1 rings (SSSR count). The van der Waals surface area contributed by atoms with Crippen LogP contribution < -0.4 is 0 Å². The van der Waals surface area contributed by atoms with Crippen LogP contribution in [0.5, 0.6) is 0 Å². The Balaban J connectivity index is 2.49. The van der Waals surface area contributed by atoms with Gasteiger partial charge >= 0.3 is 5.97 Å². The van der Waals surface area contributed by atoms with Crippen molar-refractivity contribution < 1.29 is 9.53 Å². The van der Waals surface area contributed by atoms with Crippen molar-refractivity contribution in [3.8, 4) is 0 Å². The summed E-state index contributed by atoms with van der Waals surface area (Å²) < 4.78 is 4.12. The Labute approximate surface area is 92.6 Å². The van der Waals surface area contributed by atoms with E-state index < -0.39 is 4.71 Å². The van der Waals surface area contributed by atoms with Crippen LogP contribution in [-0.2, 0) is 9.53 Å². The normalized spacial score (nSPS) is 12.1. The molecule has 0 heterocycles. The second-order valence-electron chi connectivity index (χ2n) is 2.50. The number of thioether (sulfide) groups is 1. The summed E-state index contributed by atoms with van der Waals surface area (Å²) >= 11 is 7.12. The molecule has 0 amide bonds. The lowest BCUT2D eigenvalue weighted by atomic mass is 10.4. The van der Waals surface area contributed by atoms with Gasteiger partial charge in [-0.25, -0.2) is 4.79 Å². The van der Waals surface area contributed by atoms with Gasteiger partial charge in [-0.05, 0) is 19.1 Å². The lowest BCUT2D eigenvalue weighted by Crippen LogP contribution is -2.14. The van der Waals surface area contributed by atoms with E-state index in [0.29, 0.717) is 6.61 Å². The molecule has 1 unspecified atom stereocenters.